The molecule has 0 aliphatic heterocycles. The molecule has 21 heavy (non-hydrogen) atoms. The van der Waals surface area contributed by atoms with E-state index in [-0.39, 0.29) is 22.8 Å². The molecule has 0 saturated heterocycles. The Morgan fingerprint density at radius 2 is 2.14 bits per heavy atom. The molecule has 0 atom stereocenters. The molecule has 1 aromatic carbocycles. The third-order valence-corrected chi connectivity index (χ3v) is 2.49. The molecule has 1 N–H and O–H groups in total. The van der Waals surface area contributed by atoms with Crippen LogP contribution >= 0.6 is 0 Å². The molecule has 0 aliphatic carbocycles. The summed E-state index contributed by atoms with van der Waals surface area (Å²) in [6.45, 7) is 0. The molecule has 0 amide bonds. The topological polar surface area (TPSA) is 126 Å². The first-order valence-electron chi connectivity index (χ1n) is 5.57. The highest BCUT2D eigenvalue weighted by Crippen LogP contribution is 2.31. The van der Waals surface area contributed by atoms with Crippen LogP contribution in [0.5, 0.6) is 11.6 Å². The Balaban J connectivity index is 2.47. The van der Waals surface area contributed by atoms with Gasteiger partial charge in [-0.3, -0.25) is 10.1 Å². The summed E-state index contributed by atoms with van der Waals surface area (Å²) < 4.78 is 5.26. The number of hydrogen-bond donors (Lipinski definition) is 1. The average Bonchev–Trinajstić information content (AvgIpc) is 2.47. The summed E-state index contributed by atoms with van der Waals surface area (Å²) in [5, 5.41) is 28.7. The van der Waals surface area contributed by atoms with E-state index < -0.39 is 16.6 Å². The maximum Gasteiger partial charge on any atom is 0.337 e. The van der Waals surface area contributed by atoms with Crippen molar-refractivity contribution in [3.63, 3.8) is 0 Å². The van der Waals surface area contributed by atoms with Gasteiger partial charge in [-0.2, -0.15) is 5.26 Å². The summed E-state index contributed by atoms with van der Waals surface area (Å²) in [5.41, 5.74) is -0.749. The fraction of sp³-hybridized carbons (Fsp3) is 0. The highest BCUT2D eigenvalue weighted by atomic mass is 16.6. The second kappa shape index (κ2) is 5.66. The zero-order valence-electron chi connectivity index (χ0n) is 10.4. The van der Waals surface area contributed by atoms with Crippen LogP contribution in [0, 0.1) is 21.4 Å². The second-order valence-corrected chi connectivity index (χ2v) is 3.82. The molecule has 1 heterocycles. The van der Waals surface area contributed by atoms with Crippen LogP contribution in [0.4, 0.5) is 5.69 Å². The number of para-hydroxylation sites is 1. The molecule has 0 radical (unpaired) electrons. The van der Waals surface area contributed by atoms with Crippen molar-refractivity contribution >= 4 is 11.7 Å². The Kier molecular flexibility index (Phi) is 3.76. The highest BCUT2D eigenvalue weighted by molar-refractivity contribution is 5.88. The van der Waals surface area contributed by atoms with E-state index >= 15 is 0 Å². The molecule has 0 fully saturated rings. The van der Waals surface area contributed by atoms with Crippen LogP contribution in [-0.2, 0) is 0 Å². The lowest BCUT2D eigenvalue weighted by Crippen LogP contribution is -2.02. The number of benzene rings is 1. The van der Waals surface area contributed by atoms with Crippen molar-refractivity contribution in [1.82, 2.24) is 4.98 Å². The molecule has 2 rings (SSSR count). The first-order chi connectivity index (χ1) is 10.0. The largest absolute Gasteiger partial charge is 0.478 e. The van der Waals surface area contributed by atoms with Crippen LogP contribution in [0.2, 0.25) is 0 Å². The Labute approximate surface area is 118 Å². The first-order valence-corrected chi connectivity index (χ1v) is 5.57. The minimum atomic E-state index is -1.34. The lowest BCUT2D eigenvalue weighted by molar-refractivity contribution is -0.386. The fourth-order valence-corrected chi connectivity index (χ4v) is 1.52. The third kappa shape index (κ3) is 2.93. The van der Waals surface area contributed by atoms with Gasteiger partial charge in [-0.05, 0) is 12.1 Å². The summed E-state index contributed by atoms with van der Waals surface area (Å²) in [7, 11) is 0. The van der Waals surface area contributed by atoms with Crippen LogP contribution in [0.25, 0.3) is 0 Å². The highest BCUT2D eigenvalue weighted by Gasteiger charge is 2.21. The van der Waals surface area contributed by atoms with Gasteiger partial charge in [-0.25, -0.2) is 9.78 Å². The molecule has 0 unspecified atom stereocenters. The van der Waals surface area contributed by atoms with Crippen LogP contribution in [0.1, 0.15) is 15.9 Å². The summed E-state index contributed by atoms with van der Waals surface area (Å²) in [6, 6.07) is 8.86. The summed E-state index contributed by atoms with van der Waals surface area (Å²) in [4.78, 5) is 24.6. The van der Waals surface area contributed by atoms with Gasteiger partial charge < -0.3 is 9.84 Å². The number of ether oxygens (including phenoxy) is 1. The summed E-state index contributed by atoms with van der Waals surface area (Å²) in [5.74, 6) is -1.62. The molecule has 0 spiro atoms. The van der Waals surface area contributed by atoms with Crippen LogP contribution < -0.4 is 4.74 Å². The minimum absolute atomic E-state index is 0.0960. The number of nitrogens with zero attached hydrogens (tertiary/aromatic N) is 3. The summed E-state index contributed by atoms with van der Waals surface area (Å²) >= 11 is 0. The van der Waals surface area contributed by atoms with Gasteiger partial charge in [-0.1, -0.05) is 12.1 Å². The van der Waals surface area contributed by atoms with Crippen molar-refractivity contribution in [2.75, 3.05) is 0 Å². The van der Waals surface area contributed by atoms with E-state index in [1.807, 2.05) is 6.07 Å². The van der Waals surface area contributed by atoms with Crippen molar-refractivity contribution in [2.24, 2.45) is 0 Å². The number of aromatic nitrogens is 1. The molecule has 104 valence electrons. The normalized spacial score (nSPS) is 9.67. The fourth-order valence-electron chi connectivity index (χ4n) is 1.52. The van der Waals surface area contributed by atoms with Gasteiger partial charge in [0.25, 0.3) is 5.88 Å². The Morgan fingerprint density at radius 3 is 2.76 bits per heavy atom. The van der Waals surface area contributed by atoms with Crippen molar-refractivity contribution in [3.8, 4) is 17.7 Å². The van der Waals surface area contributed by atoms with Crippen LogP contribution in [-0.4, -0.2) is 21.0 Å². The van der Waals surface area contributed by atoms with Crippen molar-refractivity contribution < 1.29 is 19.6 Å². The predicted molar refractivity (Wildman–Crippen MR) is 69.1 cm³/mol. The van der Waals surface area contributed by atoms with Crippen molar-refractivity contribution in [2.45, 2.75) is 0 Å². The summed E-state index contributed by atoms with van der Waals surface area (Å²) in [6.07, 6.45) is 0.944. The number of rotatable bonds is 4. The number of carboxylic acids is 1. The van der Waals surface area contributed by atoms with E-state index in [2.05, 4.69) is 4.98 Å². The number of pyridine rings is 1. The van der Waals surface area contributed by atoms with Gasteiger partial charge in [0.15, 0.2) is 0 Å². The second-order valence-electron chi connectivity index (χ2n) is 3.82. The third-order valence-electron chi connectivity index (χ3n) is 2.49. The molecule has 1 aromatic heterocycles. The number of nitro groups is 1. The van der Waals surface area contributed by atoms with Gasteiger partial charge in [0, 0.05) is 12.3 Å². The van der Waals surface area contributed by atoms with E-state index in [0.717, 1.165) is 12.3 Å². The molecular formula is C13H7N3O5. The van der Waals surface area contributed by atoms with Gasteiger partial charge in [-0.15, -0.1) is 0 Å². The van der Waals surface area contributed by atoms with Gasteiger partial charge in [0.05, 0.1) is 16.1 Å². The number of hydrogen-bond acceptors (Lipinski definition) is 6. The minimum Gasteiger partial charge on any atom is -0.478 e. The predicted octanol–water partition coefficient (Wildman–Crippen LogP) is 2.35. The number of carboxylic acid groups (broad SMARTS) is 1. The number of nitriles is 1. The van der Waals surface area contributed by atoms with E-state index in [4.69, 9.17) is 15.1 Å². The molecular weight excluding hydrogens is 278 g/mol. The molecule has 8 nitrogen and oxygen atoms in total. The van der Waals surface area contributed by atoms with Crippen LogP contribution in [0.15, 0.2) is 36.5 Å². The standard InChI is InChI=1S/C13H7N3O5/c14-6-8-3-1-2-4-11(8)21-12-10(16(19)20)5-9(7-15-12)13(17)18/h1-5,7H,(H,17,18). The van der Waals surface area contributed by atoms with Gasteiger partial charge in [0.2, 0.25) is 0 Å². The lowest BCUT2D eigenvalue weighted by atomic mass is 10.2. The maximum absolute atomic E-state index is 11.0. The molecule has 0 aliphatic rings. The maximum atomic E-state index is 11.0. The monoisotopic (exact) mass is 285 g/mol. The number of aromatic carboxylic acids is 1. The lowest BCUT2D eigenvalue weighted by Gasteiger charge is -2.06. The quantitative estimate of drug-likeness (QED) is 0.674. The van der Waals surface area contributed by atoms with Crippen molar-refractivity contribution in [3.05, 3.63) is 57.8 Å². The SMILES string of the molecule is N#Cc1ccccc1Oc1ncc(C(=O)O)cc1[N+](=O)[O-]. The number of carbonyl (C=O) groups is 1. The van der Waals surface area contributed by atoms with E-state index in [9.17, 15) is 14.9 Å². The molecule has 2 aromatic rings. The Morgan fingerprint density at radius 1 is 1.43 bits per heavy atom. The smallest absolute Gasteiger partial charge is 0.337 e. The van der Waals surface area contributed by atoms with Crippen LogP contribution in [0.3, 0.4) is 0 Å². The molecule has 0 saturated carbocycles. The van der Waals surface area contributed by atoms with Gasteiger partial charge >= 0.3 is 11.7 Å². The van der Waals surface area contributed by atoms with E-state index in [1.54, 1.807) is 12.1 Å². The Hall–Kier alpha value is -3.47. The zero-order valence-corrected chi connectivity index (χ0v) is 10.4. The van der Waals surface area contributed by atoms with E-state index in [1.165, 1.54) is 12.1 Å². The van der Waals surface area contributed by atoms with E-state index in [0.29, 0.717) is 0 Å². The Bertz CT molecular complexity index is 767. The zero-order chi connectivity index (χ0) is 15.4. The molecule has 8 heteroatoms. The van der Waals surface area contributed by atoms with Crippen molar-refractivity contribution in [1.29, 1.82) is 5.26 Å². The van der Waals surface area contributed by atoms with Gasteiger partial charge in [0.1, 0.15) is 11.8 Å². The molecule has 0 bridgehead atoms. The average molecular weight is 285 g/mol. The first kappa shape index (κ1) is 14.0.